The van der Waals surface area contributed by atoms with Gasteiger partial charge in [0, 0.05) is 30.1 Å². The molecule has 10 nitrogen and oxygen atoms in total. The summed E-state index contributed by atoms with van der Waals surface area (Å²) < 4.78 is 0. The van der Waals surface area contributed by atoms with Crippen molar-refractivity contribution in [3.05, 3.63) is 27.8 Å². The summed E-state index contributed by atoms with van der Waals surface area (Å²) in [6, 6.07) is 0.826. The van der Waals surface area contributed by atoms with Crippen molar-refractivity contribution in [1.29, 1.82) is 0 Å². The number of aromatic hydroxyl groups is 1. The first-order valence-corrected chi connectivity index (χ1v) is 15.4. The first-order valence-electron chi connectivity index (χ1n) is 15.0. The molecule has 5 aliphatic rings. The van der Waals surface area contributed by atoms with E-state index in [9.17, 15) is 34.2 Å². The van der Waals surface area contributed by atoms with Gasteiger partial charge in [0.25, 0.3) is 0 Å². The average molecular weight is 600 g/mol. The smallest absolute Gasteiger partial charge is 0.235 e. The number of hydrogen-bond donors (Lipinski definition) is 3. The van der Waals surface area contributed by atoms with E-state index in [1.807, 2.05) is 0 Å². The van der Waals surface area contributed by atoms with Crippen LogP contribution in [0.5, 0.6) is 5.75 Å². The van der Waals surface area contributed by atoms with E-state index in [0.717, 1.165) is 24.9 Å². The van der Waals surface area contributed by atoms with Crippen molar-refractivity contribution >= 4 is 40.6 Å². The van der Waals surface area contributed by atoms with Crippen LogP contribution in [0, 0.1) is 29.6 Å². The number of fused-ring (bicyclic) bond motifs is 3. The molecule has 0 aliphatic heterocycles. The second-order valence-electron chi connectivity index (χ2n) is 13.3. The number of phenols is 1. The Morgan fingerprint density at radius 3 is 2.36 bits per heavy atom. The normalized spacial score (nSPS) is 33.2. The number of amides is 1. The summed E-state index contributed by atoms with van der Waals surface area (Å²) in [5.41, 5.74) is 3.76. The lowest BCUT2D eigenvalue weighted by atomic mass is 9.52. The second-order valence-corrected chi connectivity index (χ2v) is 13.7. The monoisotopic (exact) mass is 599 g/mol. The number of nitrogens with two attached hydrogens (primary N) is 1. The van der Waals surface area contributed by atoms with Crippen LogP contribution >= 0.6 is 11.6 Å². The van der Waals surface area contributed by atoms with Gasteiger partial charge < -0.3 is 15.9 Å². The van der Waals surface area contributed by atoms with E-state index in [0.29, 0.717) is 29.1 Å². The van der Waals surface area contributed by atoms with Gasteiger partial charge in [0.05, 0.1) is 17.5 Å². The van der Waals surface area contributed by atoms with Crippen molar-refractivity contribution in [2.24, 2.45) is 35.3 Å². The van der Waals surface area contributed by atoms with Gasteiger partial charge in [-0.05, 0) is 81.6 Å². The number of phenolic OH excluding ortho intramolecular Hbond substituents is 1. The molecule has 226 valence electrons. The summed E-state index contributed by atoms with van der Waals surface area (Å²) in [5.74, 6) is -9.89. The van der Waals surface area contributed by atoms with Gasteiger partial charge >= 0.3 is 0 Å². The number of carbonyl (C=O) groups is 5. The molecule has 6 rings (SSSR count). The van der Waals surface area contributed by atoms with E-state index in [1.54, 1.807) is 14.1 Å². The zero-order valence-corrected chi connectivity index (χ0v) is 24.7. The van der Waals surface area contributed by atoms with E-state index < -0.39 is 64.4 Å². The van der Waals surface area contributed by atoms with Crippen LogP contribution in [0.15, 0.2) is 6.07 Å². The number of likely N-dealkylation sites (N-methyl/N-ethyl adjacent to an activating group) is 1. The summed E-state index contributed by atoms with van der Waals surface area (Å²) in [5, 5.41) is 23.2. The van der Waals surface area contributed by atoms with Crippen LogP contribution in [0.3, 0.4) is 0 Å². The maximum absolute atomic E-state index is 14.0. The number of halogens is 1. The zero-order chi connectivity index (χ0) is 30.2. The standard InChI is InChI=1S/C31H38ClN3O7/c1-34(2)25-19-10-15-9-18-22(26(37)21(15)28(39)31(19,42)29(40)23(27(25)38)30(33)41)20(36)11-16(24(18)32)13-35(12-14-7-8-14)17-5-3-4-6-17/h11,14-15,17,19,21,23,25,36,42H,3-10,12-13H2,1-2H3,(H2,33,41)/t15-,19-,21?,23?,25-,31-/m0/s1. The van der Waals surface area contributed by atoms with Gasteiger partial charge in [-0.3, -0.25) is 33.8 Å². The molecule has 1 aromatic carbocycles. The molecule has 2 unspecified atom stereocenters. The summed E-state index contributed by atoms with van der Waals surface area (Å²) in [7, 11) is 3.13. The Balaban J connectivity index is 1.37. The van der Waals surface area contributed by atoms with E-state index in [2.05, 4.69) is 4.90 Å². The third kappa shape index (κ3) is 4.44. The van der Waals surface area contributed by atoms with Crippen LogP contribution in [0.1, 0.15) is 66.4 Å². The fourth-order valence-electron chi connectivity index (χ4n) is 8.29. The number of aliphatic hydroxyl groups is 1. The maximum Gasteiger partial charge on any atom is 0.235 e. The van der Waals surface area contributed by atoms with Gasteiger partial charge in [0.1, 0.15) is 5.75 Å². The molecule has 4 saturated carbocycles. The number of Topliss-reactive ketones (excluding diaryl/α,β-unsaturated/α-hetero) is 4. The highest BCUT2D eigenvalue weighted by molar-refractivity contribution is 6.34. The quantitative estimate of drug-likeness (QED) is 0.396. The molecule has 0 radical (unpaired) electrons. The fraction of sp³-hybridized carbons (Fsp3) is 0.645. The highest BCUT2D eigenvalue weighted by atomic mass is 35.5. The molecular formula is C31H38ClN3O7. The number of benzene rings is 1. The molecule has 4 N–H and O–H groups in total. The highest BCUT2D eigenvalue weighted by Crippen LogP contribution is 2.52. The van der Waals surface area contributed by atoms with E-state index in [-0.39, 0.29) is 24.2 Å². The number of ketones is 4. The van der Waals surface area contributed by atoms with Crippen molar-refractivity contribution < 1.29 is 34.2 Å². The minimum absolute atomic E-state index is 0.00108. The second kappa shape index (κ2) is 10.5. The molecule has 4 fully saturated rings. The summed E-state index contributed by atoms with van der Waals surface area (Å²) >= 11 is 6.99. The third-order valence-corrected chi connectivity index (χ3v) is 10.9. The highest BCUT2D eigenvalue weighted by Gasteiger charge is 2.69. The third-order valence-electron chi connectivity index (χ3n) is 10.5. The predicted molar refractivity (Wildman–Crippen MR) is 152 cm³/mol. The molecule has 0 aromatic heterocycles. The number of carbonyl (C=O) groups excluding carboxylic acids is 5. The lowest BCUT2D eigenvalue weighted by molar-refractivity contribution is -0.181. The van der Waals surface area contributed by atoms with Crippen molar-refractivity contribution in [1.82, 2.24) is 9.80 Å². The molecule has 42 heavy (non-hydrogen) atoms. The Kier molecular flexibility index (Phi) is 7.36. The van der Waals surface area contributed by atoms with Crippen LogP contribution in [0.2, 0.25) is 5.02 Å². The van der Waals surface area contributed by atoms with Gasteiger partial charge in [-0.15, -0.1) is 0 Å². The molecule has 6 atom stereocenters. The van der Waals surface area contributed by atoms with Gasteiger partial charge in [-0.25, -0.2) is 0 Å². The first kappa shape index (κ1) is 29.4. The van der Waals surface area contributed by atoms with Crippen LogP contribution in [-0.2, 0) is 32.1 Å². The van der Waals surface area contributed by atoms with Gasteiger partial charge in [0.2, 0.25) is 5.91 Å². The Labute approximate surface area is 249 Å². The minimum Gasteiger partial charge on any atom is -0.507 e. The van der Waals surface area contributed by atoms with Crippen molar-refractivity contribution in [2.45, 2.75) is 75.6 Å². The largest absolute Gasteiger partial charge is 0.507 e. The van der Waals surface area contributed by atoms with E-state index in [1.165, 1.54) is 36.6 Å². The molecule has 0 bridgehead atoms. The Morgan fingerprint density at radius 1 is 1.10 bits per heavy atom. The topological polar surface area (TPSA) is 158 Å². The van der Waals surface area contributed by atoms with Gasteiger partial charge in [-0.2, -0.15) is 0 Å². The SMILES string of the molecule is CN(C)[C@@H]1C(=O)C(C(N)=O)C(=O)[C@@]2(O)C(=O)C3C(=O)c4c(O)cc(CN(CC5CC5)C5CCCC5)c(Cl)c4C[C@H]3C[C@@H]12. The Bertz CT molecular complexity index is 1380. The number of primary amides is 1. The predicted octanol–water partition coefficient (Wildman–Crippen LogP) is 1.68. The van der Waals surface area contributed by atoms with Crippen molar-refractivity contribution in [3.8, 4) is 5.75 Å². The lowest BCUT2D eigenvalue weighted by Gasteiger charge is -2.52. The summed E-state index contributed by atoms with van der Waals surface area (Å²) in [6.07, 6.45) is 7.21. The van der Waals surface area contributed by atoms with Gasteiger partial charge in [-0.1, -0.05) is 24.4 Å². The molecule has 0 saturated heterocycles. The minimum atomic E-state index is -2.74. The van der Waals surface area contributed by atoms with Crippen molar-refractivity contribution in [2.75, 3.05) is 20.6 Å². The van der Waals surface area contributed by atoms with Crippen LogP contribution in [-0.4, -0.2) is 87.4 Å². The number of nitrogens with zero attached hydrogens (tertiary/aromatic N) is 2. The Hall–Kier alpha value is -2.66. The Morgan fingerprint density at radius 2 is 1.76 bits per heavy atom. The molecule has 0 spiro atoms. The van der Waals surface area contributed by atoms with E-state index >= 15 is 0 Å². The molecule has 5 aliphatic carbocycles. The van der Waals surface area contributed by atoms with E-state index in [4.69, 9.17) is 17.3 Å². The van der Waals surface area contributed by atoms with Crippen LogP contribution in [0.4, 0.5) is 0 Å². The molecule has 1 aromatic rings. The van der Waals surface area contributed by atoms with Crippen molar-refractivity contribution in [3.63, 3.8) is 0 Å². The fourth-order valence-corrected chi connectivity index (χ4v) is 8.57. The zero-order valence-electron chi connectivity index (χ0n) is 24.0. The van der Waals surface area contributed by atoms with Crippen LogP contribution in [0.25, 0.3) is 0 Å². The summed E-state index contributed by atoms with van der Waals surface area (Å²) in [4.78, 5) is 70.6. The first-order chi connectivity index (χ1) is 19.9. The molecule has 11 heteroatoms. The summed E-state index contributed by atoms with van der Waals surface area (Å²) in [6.45, 7) is 1.52. The average Bonchev–Trinajstić information content (AvgIpc) is 3.56. The lowest BCUT2D eigenvalue weighted by Crippen LogP contribution is -2.74. The number of rotatable bonds is 7. The number of hydrogen-bond acceptors (Lipinski definition) is 9. The molecular weight excluding hydrogens is 562 g/mol. The van der Waals surface area contributed by atoms with Gasteiger partial charge in [0.15, 0.2) is 34.7 Å². The molecule has 0 heterocycles. The van der Waals surface area contributed by atoms with Crippen LogP contribution < -0.4 is 5.73 Å². The molecule has 1 amide bonds. The maximum atomic E-state index is 14.0.